The first-order valence-electron chi connectivity index (χ1n) is 6.59. The van der Waals surface area contributed by atoms with Crippen molar-refractivity contribution in [2.75, 3.05) is 0 Å². The third-order valence-corrected chi connectivity index (χ3v) is 3.32. The van der Waals surface area contributed by atoms with E-state index >= 15 is 0 Å². The fourth-order valence-electron chi connectivity index (χ4n) is 2.13. The van der Waals surface area contributed by atoms with Crippen LogP contribution in [0.5, 0.6) is 0 Å². The molecule has 0 saturated carbocycles. The van der Waals surface area contributed by atoms with Crippen LogP contribution in [0.4, 0.5) is 0 Å². The summed E-state index contributed by atoms with van der Waals surface area (Å²) >= 11 is 0. The molecule has 4 heteroatoms. The monoisotopic (exact) mass is 275 g/mol. The van der Waals surface area contributed by atoms with Crippen molar-refractivity contribution in [1.82, 2.24) is 10.1 Å². The van der Waals surface area contributed by atoms with Crippen molar-refractivity contribution < 1.29 is 4.52 Å². The van der Waals surface area contributed by atoms with Crippen LogP contribution in [0.1, 0.15) is 16.7 Å². The van der Waals surface area contributed by atoms with E-state index < -0.39 is 0 Å². The molecule has 0 aliphatic heterocycles. The highest BCUT2D eigenvalue weighted by Gasteiger charge is 2.12. The van der Waals surface area contributed by atoms with Crippen molar-refractivity contribution in [3.63, 3.8) is 0 Å². The maximum atomic E-state index is 8.90. The quantitative estimate of drug-likeness (QED) is 0.711. The molecule has 0 N–H and O–H groups in total. The SMILES string of the molecule is Cc1ccc(-c2noc(-c3ccc(C#N)cc3C)n2)cc1. The second-order valence-corrected chi connectivity index (χ2v) is 4.93. The number of hydrogen-bond donors (Lipinski definition) is 0. The van der Waals surface area contributed by atoms with E-state index in [0.717, 1.165) is 16.7 Å². The maximum Gasteiger partial charge on any atom is 0.258 e. The van der Waals surface area contributed by atoms with Crippen LogP contribution >= 0.6 is 0 Å². The molecule has 0 fully saturated rings. The van der Waals surface area contributed by atoms with E-state index in [-0.39, 0.29) is 0 Å². The lowest BCUT2D eigenvalue weighted by atomic mass is 10.1. The summed E-state index contributed by atoms with van der Waals surface area (Å²) in [6.07, 6.45) is 0. The molecule has 0 saturated heterocycles. The standard InChI is InChI=1S/C17H13N3O/c1-11-3-6-14(7-4-11)16-19-17(21-20-16)15-8-5-13(10-18)9-12(15)2/h3-9H,1-2H3. The fourth-order valence-corrected chi connectivity index (χ4v) is 2.13. The van der Waals surface area contributed by atoms with E-state index in [0.29, 0.717) is 17.3 Å². The van der Waals surface area contributed by atoms with Gasteiger partial charge in [-0.15, -0.1) is 0 Å². The van der Waals surface area contributed by atoms with E-state index in [4.69, 9.17) is 9.78 Å². The predicted octanol–water partition coefficient (Wildman–Crippen LogP) is 3.89. The van der Waals surface area contributed by atoms with Crippen molar-refractivity contribution in [3.05, 3.63) is 59.2 Å². The van der Waals surface area contributed by atoms with E-state index in [1.165, 1.54) is 5.56 Å². The molecule has 0 amide bonds. The first-order valence-corrected chi connectivity index (χ1v) is 6.59. The molecule has 2 aromatic carbocycles. The second kappa shape index (κ2) is 5.22. The molecule has 0 spiro atoms. The molecule has 0 radical (unpaired) electrons. The molecule has 4 nitrogen and oxygen atoms in total. The first-order chi connectivity index (χ1) is 10.2. The Morgan fingerprint density at radius 1 is 1.05 bits per heavy atom. The Morgan fingerprint density at radius 3 is 2.48 bits per heavy atom. The molecular weight excluding hydrogens is 262 g/mol. The molecule has 0 aliphatic carbocycles. The number of aryl methyl sites for hydroxylation is 2. The van der Waals surface area contributed by atoms with Gasteiger partial charge in [0.2, 0.25) is 5.82 Å². The lowest BCUT2D eigenvalue weighted by molar-refractivity contribution is 0.432. The minimum atomic E-state index is 0.465. The topological polar surface area (TPSA) is 62.7 Å². The summed E-state index contributed by atoms with van der Waals surface area (Å²) in [5, 5.41) is 12.9. The average molecular weight is 275 g/mol. The van der Waals surface area contributed by atoms with Crippen LogP contribution in [-0.4, -0.2) is 10.1 Å². The van der Waals surface area contributed by atoms with Crippen LogP contribution in [-0.2, 0) is 0 Å². The lowest BCUT2D eigenvalue weighted by Gasteiger charge is -2.00. The van der Waals surface area contributed by atoms with Gasteiger partial charge in [-0.3, -0.25) is 0 Å². The Balaban J connectivity index is 1.99. The van der Waals surface area contributed by atoms with Crippen LogP contribution in [0, 0.1) is 25.2 Å². The Kier molecular flexibility index (Phi) is 3.25. The summed E-state index contributed by atoms with van der Waals surface area (Å²) in [5.41, 5.74) is 4.51. The molecule has 3 aromatic rings. The van der Waals surface area contributed by atoms with Gasteiger partial charge in [-0.05, 0) is 37.6 Å². The van der Waals surface area contributed by atoms with Gasteiger partial charge in [0.25, 0.3) is 5.89 Å². The van der Waals surface area contributed by atoms with E-state index in [9.17, 15) is 0 Å². The Morgan fingerprint density at radius 2 is 1.81 bits per heavy atom. The molecule has 0 unspecified atom stereocenters. The van der Waals surface area contributed by atoms with Crippen molar-refractivity contribution in [1.29, 1.82) is 5.26 Å². The van der Waals surface area contributed by atoms with Crippen molar-refractivity contribution in [2.24, 2.45) is 0 Å². The fraction of sp³-hybridized carbons (Fsp3) is 0.118. The Labute approximate surface area is 122 Å². The maximum absolute atomic E-state index is 8.90. The smallest absolute Gasteiger partial charge is 0.258 e. The van der Waals surface area contributed by atoms with Crippen LogP contribution in [0.25, 0.3) is 22.8 Å². The molecule has 102 valence electrons. The van der Waals surface area contributed by atoms with E-state index in [1.807, 2.05) is 50.2 Å². The molecule has 1 heterocycles. The number of benzene rings is 2. The van der Waals surface area contributed by atoms with Gasteiger partial charge >= 0.3 is 0 Å². The summed E-state index contributed by atoms with van der Waals surface area (Å²) in [7, 11) is 0. The summed E-state index contributed by atoms with van der Waals surface area (Å²) < 4.78 is 5.35. The highest BCUT2D eigenvalue weighted by Crippen LogP contribution is 2.25. The van der Waals surface area contributed by atoms with Crippen molar-refractivity contribution in [2.45, 2.75) is 13.8 Å². The van der Waals surface area contributed by atoms with Gasteiger partial charge in [-0.2, -0.15) is 10.2 Å². The van der Waals surface area contributed by atoms with Gasteiger partial charge in [-0.25, -0.2) is 0 Å². The summed E-state index contributed by atoms with van der Waals surface area (Å²) in [4.78, 5) is 4.44. The molecular formula is C17H13N3O. The van der Waals surface area contributed by atoms with Gasteiger partial charge in [0.15, 0.2) is 0 Å². The highest BCUT2D eigenvalue weighted by molar-refractivity contribution is 5.63. The second-order valence-electron chi connectivity index (χ2n) is 4.93. The number of rotatable bonds is 2. The van der Waals surface area contributed by atoms with Crippen LogP contribution < -0.4 is 0 Å². The molecule has 0 atom stereocenters. The van der Waals surface area contributed by atoms with Crippen molar-refractivity contribution >= 4 is 0 Å². The zero-order chi connectivity index (χ0) is 14.8. The zero-order valence-electron chi connectivity index (χ0n) is 11.8. The average Bonchev–Trinajstić information content (AvgIpc) is 2.97. The molecule has 3 rings (SSSR count). The highest BCUT2D eigenvalue weighted by atomic mass is 16.5. The Hall–Kier alpha value is -2.93. The largest absolute Gasteiger partial charge is 0.334 e. The van der Waals surface area contributed by atoms with Gasteiger partial charge in [0.1, 0.15) is 0 Å². The van der Waals surface area contributed by atoms with Gasteiger partial charge < -0.3 is 4.52 Å². The molecule has 1 aromatic heterocycles. The van der Waals surface area contributed by atoms with Crippen molar-refractivity contribution in [3.8, 4) is 28.9 Å². The number of hydrogen-bond acceptors (Lipinski definition) is 4. The predicted molar refractivity (Wildman–Crippen MR) is 79.4 cm³/mol. The number of aromatic nitrogens is 2. The molecule has 21 heavy (non-hydrogen) atoms. The third kappa shape index (κ3) is 2.54. The number of nitrogens with zero attached hydrogens (tertiary/aromatic N) is 3. The van der Waals surface area contributed by atoms with E-state index in [1.54, 1.807) is 6.07 Å². The summed E-state index contributed by atoms with van der Waals surface area (Å²) in [6.45, 7) is 3.96. The minimum absolute atomic E-state index is 0.465. The zero-order valence-corrected chi connectivity index (χ0v) is 11.8. The van der Waals surface area contributed by atoms with E-state index in [2.05, 4.69) is 16.2 Å². The summed E-state index contributed by atoms with van der Waals surface area (Å²) in [6, 6.07) is 15.5. The number of nitriles is 1. The molecule has 0 bridgehead atoms. The normalized spacial score (nSPS) is 10.3. The minimum Gasteiger partial charge on any atom is -0.334 e. The van der Waals surface area contributed by atoms with Gasteiger partial charge in [-0.1, -0.05) is 35.0 Å². The lowest BCUT2D eigenvalue weighted by Crippen LogP contribution is -1.86. The Bertz CT molecular complexity index is 826. The van der Waals surface area contributed by atoms with Crippen LogP contribution in [0.2, 0.25) is 0 Å². The van der Waals surface area contributed by atoms with Gasteiger partial charge in [0.05, 0.1) is 11.6 Å². The summed E-state index contributed by atoms with van der Waals surface area (Å²) in [5.74, 6) is 1.03. The van der Waals surface area contributed by atoms with Gasteiger partial charge in [0, 0.05) is 11.1 Å². The molecule has 0 aliphatic rings. The van der Waals surface area contributed by atoms with Crippen LogP contribution in [0.3, 0.4) is 0 Å². The first kappa shape index (κ1) is 13.1. The third-order valence-electron chi connectivity index (χ3n) is 3.32. The van der Waals surface area contributed by atoms with Crippen LogP contribution in [0.15, 0.2) is 47.0 Å².